The minimum atomic E-state index is 0.410. The van der Waals surface area contributed by atoms with Gasteiger partial charge in [-0.15, -0.1) is 0 Å². The van der Waals surface area contributed by atoms with Crippen molar-refractivity contribution in [2.75, 3.05) is 20.2 Å². The van der Waals surface area contributed by atoms with Crippen molar-refractivity contribution in [1.29, 1.82) is 0 Å². The summed E-state index contributed by atoms with van der Waals surface area (Å²) in [6, 6.07) is 0. The summed E-state index contributed by atoms with van der Waals surface area (Å²) >= 11 is 0. The fraction of sp³-hybridized carbons (Fsp3) is 0.722. The zero-order chi connectivity index (χ0) is 15.5. The summed E-state index contributed by atoms with van der Waals surface area (Å²) in [6.45, 7) is 10.9. The molecule has 2 rings (SSSR count). The molecule has 1 aliphatic rings. The van der Waals surface area contributed by atoms with Crippen molar-refractivity contribution in [3.63, 3.8) is 0 Å². The Kier molecular flexibility index (Phi) is 5.26. The molecule has 0 spiro atoms. The normalized spacial score (nSPS) is 16.9. The predicted molar refractivity (Wildman–Crippen MR) is 88.0 cm³/mol. The van der Waals surface area contributed by atoms with Gasteiger partial charge in [-0.25, -0.2) is 0 Å². The van der Waals surface area contributed by atoms with Crippen LogP contribution in [0, 0.1) is 25.2 Å². The molecular weight excluding hydrogens is 260 g/mol. The second-order valence-corrected chi connectivity index (χ2v) is 7.10. The minimum absolute atomic E-state index is 0.410. The van der Waals surface area contributed by atoms with Crippen LogP contribution in [0.15, 0.2) is 6.20 Å². The zero-order valence-electron chi connectivity index (χ0n) is 14.3. The summed E-state index contributed by atoms with van der Waals surface area (Å²) in [5.74, 6) is 1.71. The van der Waals surface area contributed by atoms with Gasteiger partial charge in [-0.2, -0.15) is 0 Å². The van der Waals surface area contributed by atoms with Crippen LogP contribution in [-0.4, -0.2) is 25.2 Å². The number of nitrogens with one attached hydrogen (secondary N) is 1. The van der Waals surface area contributed by atoms with Crippen molar-refractivity contribution in [2.24, 2.45) is 11.3 Å². The molecule has 1 fully saturated rings. The molecule has 3 nitrogen and oxygen atoms in total. The van der Waals surface area contributed by atoms with Gasteiger partial charge in [-0.3, -0.25) is 4.98 Å². The van der Waals surface area contributed by atoms with Crippen LogP contribution in [0.4, 0.5) is 0 Å². The van der Waals surface area contributed by atoms with Crippen molar-refractivity contribution in [1.82, 2.24) is 10.3 Å². The number of hydrogen-bond donors (Lipinski definition) is 1. The van der Waals surface area contributed by atoms with Gasteiger partial charge in [0.25, 0.3) is 0 Å². The Bertz CT molecular complexity index is 478. The summed E-state index contributed by atoms with van der Waals surface area (Å²) in [6.07, 6.45) is 7.01. The van der Waals surface area contributed by atoms with Gasteiger partial charge in [-0.05, 0) is 51.0 Å². The number of rotatable bonds is 7. The first-order chi connectivity index (χ1) is 9.97. The van der Waals surface area contributed by atoms with Crippen LogP contribution in [0.5, 0.6) is 5.75 Å². The molecule has 118 valence electrons. The number of methoxy groups -OCH3 is 1. The molecule has 0 aliphatic heterocycles. The van der Waals surface area contributed by atoms with E-state index in [1.807, 2.05) is 6.20 Å². The Labute approximate surface area is 129 Å². The van der Waals surface area contributed by atoms with Crippen LogP contribution in [0.1, 0.15) is 49.9 Å². The van der Waals surface area contributed by atoms with E-state index in [-0.39, 0.29) is 0 Å². The molecule has 0 radical (unpaired) electrons. The van der Waals surface area contributed by atoms with Gasteiger partial charge in [0.15, 0.2) is 0 Å². The fourth-order valence-electron chi connectivity index (χ4n) is 3.32. The van der Waals surface area contributed by atoms with Crippen molar-refractivity contribution in [3.05, 3.63) is 23.0 Å². The van der Waals surface area contributed by atoms with E-state index >= 15 is 0 Å². The number of nitrogens with zero attached hydrogens (tertiary/aromatic N) is 1. The van der Waals surface area contributed by atoms with Gasteiger partial charge in [0.05, 0.1) is 7.11 Å². The lowest BCUT2D eigenvalue weighted by Crippen LogP contribution is -2.43. The molecule has 1 saturated carbocycles. The van der Waals surface area contributed by atoms with Crippen molar-refractivity contribution < 1.29 is 4.74 Å². The van der Waals surface area contributed by atoms with Gasteiger partial charge >= 0.3 is 0 Å². The third kappa shape index (κ3) is 3.76. The first-order valence-corrected chi connectivity index (χ1v) is 8.17. The van der Waals surface area contributed by atoms with Crippen LogP contribution in [0.2, 0.25) is 0 Å². The average Bonchev–Trinajstić information content (AvgIpc) is 2.38. The van der Waals surface area contributed by atoms with Crippen LogP contribution in [-0.2, 0) is 6.42 Å². The third-order valence-electron chi connectivity index (χ3n) is 4.76. The molecule has 3 heteroatoms. The molecule has 0 bridgehead atoms. The summed E-state index contributed by atoms with van der Waals surface area (Å²) < 4.78 is 5.54. The summed E-state index contributed by atoms with van der Waals surface area (Å²) in [7, 11) is 1.75. The second kappa shape index (κ2) is 6.78. The first-order valence-electron chi connectivity index (χ1n) is 8.17. The van der Waals surface area contributed by atoms with E-state index in [9.17, 15) is 0 Å². The highest BCUT2D eigenvalue weighted by Crippen LogP contribution is 2.44. The van der Waals surface area contributed by atoms with Crippen LogP contribution >= 0.6 is 0 Å². The largest absolute Gasteiger partial charge is 0.496 e. The van der Waals surface area contributed by atoms with Gasteiger partial charge in [0.2, 0.25) is 0 Å². The summed E-state index contributed by atoms with van der Waals surface area (Å²) in [5.41, 5.74) is 3.96. The zero-order valence-corrected chi connectivity index (χ0v) is 14.3. The molecule has 1 N–H and O–H groups in total. The Hall–Kier alpha value is -1.09. The van der Waals surface area contributed by atoms with E-state index in [1.165, 1.54) is 30.5 Å². The van der Waals surface area contributed by atoms with E-state index in [0.29, 0.717) is 11.3 Å². The van der Waals surface area contributed by atoms with Crippen molar-refractivity contribution in [3.8, 4) is 5.75 Å². The standard InChI is InChI=1S/C18H30N2O/c1-13(2)10-19-12-18(7-6-8-18)9-16-15(4)17(21-5)14(3)11-20-16/h11,13,19H,6-10,12H2,1-5H3. The maximum Gasteiger partial charge on any atom is 0.128 e. The van der Waals surface area contributed by atoms with E-state index < -0.39 is 0 Å². The maximum absolute atomic E-state index is 5.54. The highest BCUT2D eigenvalue weighted by molar-refractivity contribution is 5.41. The van der Waals surface area contributed by atoms with E-state index in [2.05, 4.69) is 38.0 Å². The minimum Gasteiger partial charge on any atom is -0.496 e. The van der Waals surface area contributed by atoms with E-state index in [1.54, 1.807) is 7.11 Å². The van der Waals surface area contributed by atoms with Crippen LogP contribution in [0.25, 0.3) is 0 Å². The van der Waals surface area contributed by atoms with Gasteiger partial charge in [0, 0.05) is 29.6 Å². The third-order valence-corrected chi connectivity index (χ3v) is 4.76. The molecule has 1 aromatic rings. The van der Waals surface area contributed by atoms with Crippen LogP contribution in [0.3, 0.4) is 0 Å². The van der Waals surface area contributed by atoms with Crippen LogP contribution < -0.4 is 10.1 Å². The monoisotopic (exact) mass is 290 g/mol. The number of ether oxygens (including phenoxy) is 1. The highest BCUT2D eigenvalue weighted by Gasteiger charge is 2.37. The molecule has 0 amide bonds. The van der Waals surface area contributed by atoms with E-state index in [4.69, 9.17) is 4.74 Å². The van der Waals surface area contributed by atoms with Gasteiger partial charge in [-0.1, -0.05) is 20.3 Å². The Balaban J connectivity index is 2.08. The Morgan fingerprint density at radius 3 is 2.57 bits per heavy atom. The van der Waals surface area contributed by atoms with Gasteiger partial charge in [0.1, 0.15) is 5.75 Å². The Morgan fingerprint density at radius 2 is 2.05 bits per heavy atom. The molecule has 1 heterocycles. The molecule has 0 unspecified atom stereocenters. The molecule has 21 heavy (non-hydrogen) atoms. The molecule has 0 saturated heterocycles. The van der Waals surface area contributed by atoms with E-state index in [0.717, 1.165) is 30.8 Å². The average molecular weight is 290 g/mol. The number of aromatic nitrogens is 1. The van der Waals surface area contributed by atoms with Crippen molar-refractivity contribution >= 4 is 0 Å². The second-order valence-electron chi connectivity index (χ2n) is 7.10. The quantitative estimate of drug-likeness (QED) is 0.832. The lowest BCUT2D eigenvalue weighted by Gasteiger charge is -2.42. The maximum atomic E-state index is 5.54. The Morgan fingerprint density at radius 1 is 1.33 bits per heavy atom. The highest BCUT2D eigenvalue weighted by atomic mass is 16.5. The molecule has 1 aromatic heterocycles. The number of hydrogen-bond acceptors (Lipinski definition) is 3. The lowest BCUT2D eigenvalue weighted by atomic mass is 9.65. The van der Waals surface area contributed by atoms with Crippen molar-refractivity contribution in [2.45, 2.75) is 53.4 Å². The summed E-state index contributed by atoms with van der Waals surface area (Å²) in [5, 5.41) is 3.65. The fourth-order valence-corrected chi connectivity index (χ4v) is 3.32. The summed E-state index contributed by atoms with van der Waals surface area (Å²) in [4.78, 5) is 4.69. The van der Waals surface area contributed by atoms with Gasteiger partial charge < -0.3 is 10.1 Å². The number of aryl methyl sites for hydroxylation is 1. The smallest absolute Gasteiger partial charge is 0.128 e. The first kappa shape index (κ1) is 16.3. The topological polar surface area (TPSA) is 34.1 Å². The molecule has 0 atom stereocenters. The predicted octanol–water partition coefficient (Wildman–Crippen LogP) is 3.67. The SMILES string of the molecule is COc1c(C)cnc(CC2(CNCC(C)C)CCC2)c1C. The lowest BCUT2D eigenvalue weighted by molar-refractivity contribution is 0.127. The number of pyridine rings is 1. The molecular formula is C18H30N2O. The molecule has 0 aromatic carbocycles. The molecule has 1 aliphatic carbocycles.